The molecule has 26 heavy (non-hydrogen) atoms. The Morgan fingerprint density at radius 3 is 3.00 bits per heavy atom. The Hall–Kier alpha value is -2.22. The zero-order chi connectivity index (χ0) is 17.9. The molecule has 6 nitrogen and oxygen atoms in total. The first-order valence-corrected chi connectivity index (χ1v) is 9.58. The molecule has 0 aromatic carbocycles. The summed E-state index contributed by atoms with van der Waals surface area (Å²) in [6.45, 7) is 2.04. The molecule has 1 saturated heterocycles. The Bertz CT molecular complexity index is 903. The van der Waals surface area contributed by atoms with Crippen LogP contribution in [0.4, 0.5) is 16.8 Å². The highest BCUT2D eigenvalue weighted by Crippen LogP contribution is 2.33. The smallest absolute Gasteiger partial charge is 0.185 e. The van der Waals surface area contributed by atoms with Crippen molar-refractivity contribution in [2.24, 2.45) is 5.92 Å². The van der Waals surface area contributed by atoms with Gasteiger partial charge in [0, 0.05) is 43.0 Å². The van der Waals surface area contributed by atoms with Gasteiger partial charge >= 0.3 is 0 Å². The minimum atomic E-state index is 0.238. The zero-order valence-electron chi connectivity index (χ0n) is 14.0. The average molecular weight is 388 g/mol. The molecule has 0 spiro atoms. The molecule has 0 bridgehead atoms. The van der Waals surface area contributed by atoms with E-state index in [1.165, 1.54) is 0 Å². The van der Waals surface area contributed by atoms with Gasteiger partial charge < -0.3 is 15.3 Å². The van der Waals surface area contributed by atoms with Gasteiger partial charge in [-0.1, -0.05) is 29.0 Å². The highest BCUT2D eigenvalue weighted by Gasteiger charge is 2.24. The van der Waals surface area contributed by atoms with Crippen molar-refractivity contribution in [1.29, 1.82) is 0 Å². The van der Waals surface area contributed by atoms with E-state index in [-0.39, 0.29) is 6.61 Å². The molecule has 4 heterocycles. The predicted molar refractivity (Wildman–Crippen MR) is 105 cm³/mol. The quantitative estimate of drug-likeness (QED) is 0.693. The van der Waals surface area contributed by atoms with Crippen molar-refractivity contribution < 1.29 is 5.11 Å². The maximum atomic E-state index is 9.31. The van der Waals surface area contributed by atoms with Crippen LogP contribution in [0.15, 0.2) is 42.7 Å². The largest absolute Gasteiger partial charge is 0.396 e. The molecular weight excluding hydrogens is 370 g/mol. The minimum Gasteiger partial charge on any atom is -0.396 e. The van der Waals surface area contributed by atoms with Crippen LogP contribution in [-0.2, 0) is 0 Å². The topological polar surface area (TPSA) is 74.2 Å². The number of anilines is 3. The van der Waals surface area contributed by atoms with Gasteiger partial charge in [-0.3, -0.25) is 0 Å². The van der Waals surface area contributed by atoms with E-state index in [1.54, 1.807) is 29.7 Å². The number of aromatic nitrogens is 3. The lowest BCUT2D eigenvalue weighted by atomic mass is 10.1. The number of nitrogens with one attached hydrogen (secondary N) is 1. The van der Waals surface area contributed by atoms with E-state index in [1.807, 2.05) is 24.4 Å². The van der Waals surface area contributed by atoms with Crippen molar-refractivity contribution in [3.8, 4) is 10.6 Å². The van der Waals surface area contributed by atoms with E-state index in [0.717, 1.165) is 35.2 Å². The molecule has 8 heteroatoms. The van der Waals surface area contributed by atoms with Crippen molar-refractivity contribution in [2.75, 3.05) is 29.9 Å². The molecule has 1 fully saturated rings. The predicted octanol–water partition coefficient (Wildman–Crippen LogP) is 3.82. The van der Waals surface area contributed by atoms with Crippen LogP contribution in [-0.4, -0.2) is 39.8 Å². The maximum absolute atomic E-state index is 9.31. The molecule has 0 aliphatic carbocycles. The van der Waals surface area contributed by atoms with Crippen LogP contribution in [0.3, 0.4) is 0 Å². The normalized spacial score (nSPS) is 16.8. The van der Waals surface area contributed by atoms with E-state index in [9.17, 15) is 5.11 Å². The SMILES string of the molecule is OCC1CCN(c2ncc(-c3cccc(Nc4cc(Cl)ccn4)n3)s2)C1. The molecule has 1 unspecified atom stereocenters. The van der Waals surface area contributed by atoms with Crippen LogP contribution in [0.25, 0.3) is 10.6 Å². The van der Waals surface area contributed by atoms with E-state index in [4.69, 9.17) is 11.6 Å². The molecular formula is C18H18ClN5OS. The lowest BCUT2D eigenvalue weighted by molar-refractivity contribution is 0.238. The van der Waals surface area contributed by atoms with Gasteiger partial charge in [0.1, 0.15) is 11.6 Å². The number of halogens is 1. The van der Waals surface area contributed by atoms with Gasteiger partial charge in [0.15, 0.2) is 5.13 Å². The van der Waals surface area contributed by atoms with Crippen molar-refractivity contribution >= 4 is 39.7 Å². The summed E-state index contributed by atoms with van der Waals surface area (Å²) in [6, 6.07) is 9.29. The molecule has 1 aliphatic rings. The lowest BCUT2D eigenvalue weighted by Crippen LogP contribution is -2.20. The Morgan fingerprint density at radius 2 is 2.19 bits per heavy atom. The second-order valence-corrected chi connectivity index (χ2v) is 7.63. The first kappa shape index (κ1) is 17.2. The molecule has 3 aromatic rings. The number of rotatable bonds is 5. The highest BCUT2D eigenvalue weighted by molar-refractivity contribution is 7.18. The summed E-state index contributed by atoms with van der Waals surface area (Å²) >= 11 is 7.62. The summed E-state index contributed by atoms with van der Waals surface area (Å²) in [4.78, 5) is 16.7. The van der Waals surface area contributed by atoms with E-state index >= 15 is 0 Å². The van der Waals surface area contributed by atoms with Gasteiger partial charge in [0.2, 0.25) is 0 Å². The molecule has 134 valence electrons. The highest BCUT2D eigenvalue weighted by atomic mass is 35.5. The summed E-state index contributed by atoms with van der Waals surface area (Å²) < 4.78 is 0. The molecule has 4 rings (SSSR count). The fraction of sp³-hybridized carbons (Fsp3) is 0.278. The van der Waals surface area contributed by atoms with Crippen molar-refractivity contribution in [1.82, 2.24) is 15.0 Å². The Labute approximate surface area is 160 Å². The van der Waals surface area contributed by atoms with Crippen LogP contribution in [0, 0.1) is 5.92 Å². The monoisotopic (exact) mass is 387 g/mol. The Morgan fingerprint density at radius 1 is 1.27 bits per heavy atom. The third-order valence-corrected chi connectivity index (χ3v) is 5.60. The first-order valence-electron chi connectivity index (χ1n) is 8.39. The molecule has 1 atom stereocenters. The summed E-state index contributed by atoms with van der Waals surface area (Å²) in [5.41, 5.74) is 0.860. The minimum absolute atomic E-state index is 0.238. The summed E-state index contributed by atoms with van der Waals surface area (Å²) in [5.74, 6) is 1.70. The standard InChI is InChI=1S/C18H18ClN5OS/c19-13-4-6-20-17(8-13)23-16-3-1-2-14(22-16)15-9-21-18(26-15)24-7-5-12(10-24)11-25/h1-4,6,8-9,12,25H,5,7,10-11H2,(H,20,22,23). The third-order valence-electron chi connectivity index (χ3n) is 4.29. The van der Waals surface area contributed by atoms with Gasteiger partial charge in [-0.25, -0.2) is 15.0 Å². The van der Waals surface area contributed by atoms with Crippen LogP contribution in [0.2, 0.25) is 5.02 Å². The van der Waals surface area contributed by atoms with Gasteiger partial charge in [0.05, 0.1) is 10.6 Å². The summed E-state index contributed by atoms with van der Waals surface area (Å²) in [5, 5.41) is 14.1. The fourth-order valence-electron chi connectivity index (χ4n) is 2.93. The first-order chi connectivity index (χ1) is 12.7. The molecule has 0 radical (unpaired) electrons. The number of hydrogen-bond acceptors (Lipinski definition) is 7. The Kier molecular flexibility index (Phi) is 5.01. The van der Waals surface area contributed by atoms with Gasteiger partial charge in [0.25, 0.3) is 0 Å². The van der Waals surface area contributed by atoms with Crippen molar-refractivity contribution in [3.63, 3.8) is 0 Å². The number of aliphatic hydroxyl groups excluding tert-OH is 1. The molecule has 0 saturated carbocycles. The molecule has 3 aromatic heterocycles. The molecule has 1 aliphatic heterocycles. The van der Waals surface area contributed by atoms with E-state index < -0.39 is 0 Å². The fourth-order valence-corrected chi connectivity index (χ4v) is 4.01. The zero-order valence-corrected chi connectivity index (χ0v) is 15.5. The van der Waals surface area contributed by atoms with E-state index in [2.05, 4.69) is 25.2 Å². The third kappa shape index (κ3) is 3.80. The maximum Gasteiger partial charge on any atom is 0.185 e. The number of hydrogen-bond donors (Lipinski definition) is 2. The molecule has 0 amide bonds. The summed E-state index contributed by atoms with van der Waals surface area (Å²) in [6.07, 6.45) is 4.52. The second kappa shape index (κ2) is 7.57. The lowest BCUT2D eigenvalue weighted by Gasteiger charge is -2.13. The Balaban J connectivity index is 1.52. The number of thiazole rings is 1. The second-order valence-electron chi connectivity index (χ2n) is 6.18. The van der Waals surface area contributed by atoms with Gasteiger partial charge in [-0.15, -0.1) is 0 Å². The number of pyridine rings is 2. The van der Waals surface area contributed by atoms with Crippen LogP contribution in [0.5, 0.6) is 0 Å². The van der Waals surface area contributed by atoms with Gasteiger partial charge in [-0.2, -0.15) is 0 Å². The molecule has 2 N–H and O–H groups in total. The average Bonchev–Trinajstić information content (AvgIpc) is 3.31. The van der Waals surface area contributed by atoms with Crippen molar-refractivity contribution in [2.45, 2.75) is 6.42 Å². The van der Waals surface area contributed by atoms with Crippen LogP contribution < -0.4 is 10.2 Å². The summed E-state index contributed by atoms with van der Waals surface area (Å²) in [7, 11) is 0. The number of nitrogens with zero attached hydrogens (tertiary/aromatic N) is 4. The van der Waals surface area contributed by atoms with Gasteiger partial charge in [-0.05, 0) is 30.7 Å². The van der Waals surface area contributed by atoms with Crippen LogP contribution in [0.1, 0.15) is 6.42 Å². The van der Waals surface area contributed by atoms with Crippen LogP contribution >= 0.6 is 22.9 Å². The number of aliphatic hydroxyl groups is 1. The van der Waals surface area contributed by atoms with E-state index in [0.29, 0.717) is 22.6 Å². The van der Waals surface area contributed by atoms with Crippen molar-refractivity contribution in [3.05, 3.63) is 47.7 Å².